The molecule has 9 nitrogen and oxygen atoms in total. The summed E-state index contributed by atoms with van der Waals surface area (Å²) < 4.78 is 52.0. The molecule has 0 radical (unpaired) electrons. The molecular weight excluding hydrogens is 587 g/mol. The fourth-order valence-electron chi connectivity index (χ4n) is 5.22. The molecule has 1 fully saturated rings. The van der Waals surface area contributed by atoms with Crippen LogP contribution in [0.2, 0.25) is 0 Å². The number of likely N-dealkylation sites (N-methyl/N-ethyl adjacent to an activating group) is 1. The van der Waals surface area contributed by atoms with Crippen LogP contribution in [-0.4, -0.2) is 74.0 Å². The molecule has 2 N–H and O–H groups in total. The summed E-state index contributed by atoms with van der Waals surface area (Å²) in [5.41, 5.74) is 1.67. The van der Waals surface area contributed by atoms with Gasteiger partial charge in [-0.3, -0.25) is 19.5 Å². The van der Waals surface area contributed by atoms with Gasteiger partial charge in [-0.05, 0) is 67.6 Å². The second-order valence-corrected chi connectivity index (χ2v) is 11.1. The van der Waals surface area contributed by atoms with Gasteiger partial charge < -0.3 is 25.0 Å². The summed E-state index contributed by atoms with van der Waals surface area (Å²) in [5, 5.41) is 6.12. The first-order valence-corrected chi connectivity index (χ1v) is 14.3. The molecule has 236 valence electrons. The van der Waals surface area contributed by atoms with Crippen molar-refractivity contribution in [2.24, 2.45) is 0 Å². The Bertz CT molecular complexity index is 1740. The molecule has 12 heteroatoms. The Hall–Kier alpha value is -4.68. The van der Waals surface area contributed by atoms with Crippen LogP contribution in [-0.2, 0) is 12.7 Å². The lowest BCUT2D eigenvalue weighted by Gasteiger charge is -2.32. The molecule has 1 aliphatic heterocycles. The Balaban J connectivity index is 1.35. The number of fused-ring (bicyclic) bond motifs is 1. The van der Waals surface area contributed by atoms with Crippen LogP contribution in [0.25, 0.3) is 10.9 Å². The number of amides is 2. The number of benzene rings is 3. The van der Waals surface area contributed by atoms with Gasteiger partial charge in [0.15, 0.2) is 11.5 Å². The van der Waals surface area contributed by atoms with E-state index in [4.69, 9.17) is 9.47 Å². The van der Waals surface area contributed by atoms with E-state index in [1.165, 1.54) is 32.5 Å². The van der Waals surface area contributed by atoms with Crippen molar-refractivity contribution < 1.29 is 32.2 Å². The van der Waals surface area contributed by atoms with Gasteiger partial charge in [0, 0.05) is 61.0 Å². The number of piperazine rings is 1. The number of aromatic nitrogens is 1. The molecule has 1 aromatic heterocycles. The quantitative estimate of drug-likeness (QED) is 0.256. The van der Waals surface area contributed by atoms with E-state index in [-0.39, 0.29) is 16.8 Å². The Morgan fingerprint density at radius 2 is 1.56 bits per heavy atom. The van der Waals surface area contributed by atoms with Gasteiger partial charge in [-0.2, -0.15) is 13.2 Å². The number of rotatable bonds is 8. The van der Waals surface area contributed by atoms with Crippen molar-refractivity contribution >= 4 is 34.1 Å². The van der Waals surface area contributed by atoms with Gasteiger partial charge in [-0.25, -0.2) is 0 Å². The number of ether oxygens (including phenoxy) is 2. The van der Waals surface area contributed by atoms with Crippen LogP contribution in [0.4, 0.5) is 24.5 Å². The Morgan fingerprint density at radius 1 is 0.867 bits per heavy atom. The first-order chi connectivity index (χ1) is 21.4. The first kappa shape index (κ1) is 31.7. The number of pyridine rings is 1. The third kappa shape index (κ3) is 7.52. The number of hydrogen-bond donors (Lipinski definition) is 2. The lowest BCUT2D eigenvalue weighted by molar-refractivity contribution is -0.137. The zero-order valence-electron chi connectivity index (χ0n) is 25.4. The lowest BCUT2D eigenvalue weighted by Crippen LogP contribution is -2.43. The third-order valence-corrected chi connectivity index (χ3v) is 7.77. The summed E-state index contributed by atoms with van der Waals surface area (Å²) in [6.45, 7) is 5.19. The minimum absolute atomic E-state index is 0.0276. The van der Waals surface area contributed by atoms with Crippen LogP contribution in [0, 0.1) is 6.92 Å². The minimum atomic E-state index is -4.58. The summed E-state index contributed by atoms with van der Waals surface area (Å²) in [6.07, 6.45) is -3.08. The standard InChI is InChI=1S/C33H34F3N5O4/c1-20-5-6-22(14-27(20)32(43)39-26-13-23-15-29(44-3)30(45-4)17-28(23)37-18-26)31(42)38-25-12-21(11-24(16-25)33(34,35)36)19-41-9-7-40(2)8-10-41/h5-6,11-18H,7-10,19H2,1-4H3,(H,38,42)(H,39,43). The second-order valence-electron chi connectivity index (χ2n) is 11.1. The van der Waals surface area contributed by atoms with E-state index in [9.17, 15) is 22.8 Å². The van der Waals surface area contributed by atoms with E-state index in [0.717, 1.165) is 38.3 Å². The molecule has 4 aromatic rings. The summed E-state index contributed by atoms with van der Waals surface area (Å²) in [7, 11) is 5.06. The Labute approximate surface area is 258 Å². The summed E-state index contributed by atoms with van der Waals surface area (Å²) in [4.78, 5) is 35.2. The molecule has 0 saturated carbocycles. The minimum Gasteiger partial charge on any atom is -0.493 e. The molecular formula is C33H34F3N5O4. The lowest BCUT2D eigenvalue weighted by atomic mass is 10.0. The molecule has 5 rings (SSSR count). The number of alkyl halides is 3. The number of halogens is 3. The van der Waals surface area contributed by atoms with Gasteiger partial charge in [0.1, 0.15) is 0 Å². The van der Waals surface area contributed by atoms with Gasteiger partial charge in [0.2, 0.25) is 0 Å². The van der Waals surface area contributed by atoms with E-state index in [2.05, 4.69) is 25.4 Å². The number of nitrogens with one attached hydrogen (secondary N) is 2. The molecule has 0 spiro atoms. The molecule has 1 saturated heterocycles. The van der Waals surface area contributed by atoms with Gasteiger partial charge in [-0.15, -0.1) is 0 Å². The van der Waals surface area contributed by atoms with Crippen molar-refractivity contribution in [1.29, 1.82) is 0 Å². The molecule has 0 aliphatic carbocycles. The number of hydrogen-bond acceptors (Lipinski definition) is 7. The normalized spacial score (nSPS) is 14.3. The summed E-state index contributed by atoms with van der Waals surface area (Å²) >= 11 is 0. The first-order valence-electron chi connectivity index (χ1n) is 14.3. The average molecular weight is 622 g/mol. The maximum absolute atomic E-state index is 13.8. The zero-order valence-corrected chi connectivity index (χ0v) is 25.4. The predicted octanol–water partition coefficient (Wildman–Crippen LogP) is 5.83. The van der Waals surface area contributed by atoms with E-state index >= 15 is 0 Å². The fraction of sp³-hybridized carbons (Fsp3) is 0.303. The van der Waals surface area contributed by atoms with Gasteiger partial charge in [-0.1, -0.05) is 6.07 Å². The number of methoxy groups -OCH3 is 2. The highest BCUT2D eigenvalue weighted by Gasteiger charge is 2.31. The van der Waals surface area contributed by atoms with Crippen molar-refractivity contribution in [3.05, 3.63) is 88.6 Å². The van der Waals surface area contributed by atoms with E-state index in [1.54, 1.807) is 37.3 Å². The van der Waals surface area contributed by atoms with Gasteiger partial charge in [0.25, 0.3) is 11.8 Å². The molecule has 2 heterocycles. The third-order valence-electron chi connectivity index (χ3n) is 7.77. The SMILES string of the molecule is COc1cc2cc(NC(=O)c3cc(C(=O)Nc4cc(CN5CCN(C)CC5)cc(C(F)(F)F)c4)ccc3C)cnc2cc1OC. The largest absolute Gasteiger partial charge is 0.493 e. The molecule has 1 aliphatic rings. The Kier molecular flexibility index (Phi) is 9.26. The number of carbonyl (C=O) groups excluding carboxylic acids is 2. The molecule has 0 unspecified atom stereocenters. The van der Waals surface area contributed by atoms with Crippen LogP contribution in [0.5, 0.6) is 11.5 Å². The topological polar surface area (TPSA) is 96.0 Å². The number of nitrogens with zero attached hydrogens (tertiary/aromatic N) is 3. The van der Waals surface area contributed by atoms with Crippen LogP contribution >= 0.6 is 0 Å². The van der Waals surface area contributed by atoms with Gasteiger partial charge in [0.05, 0.1) is 37.2 Å². The monoisotopic (exact) mass is 621 g/mol. The number of anilines is 2. The van der Waals surface area contributed by atoms with Crippen LogP contribution in [0.3, 0.4) is 0 Å². The van der Waals surface area contributed by atoms with Crippen molar-refractivity contribution in [2.75, 3.05) is 58.1 Å². The Morgan fingerprint density at radius 3 is 2.24 bits per heavy atom. The van der Waals surface area contributed by atoms with Crippen molar-refractivity contribution in [3.8, 4) is 11.5 Å². The van der Waals surface area contributed by atoms with Gasteiger partial charge >= 0.3 is 6.18 Å². The van der Waals surface area contributed by atoms with Crippen molar-refractivity contribution in [3.63, 3.8) is 0 Å². The van der Waals surface area contributed by atoms with Crippen molar-refractivity contribution in [2.45, 2.75) is 19.6 Å². The molecule has 45 heavy (non-hydrogen) atoms. The number of aryl methyl sites for hydroxylation is 1. The smallest absolute Gasteiger partial charge is 0.416 e. The van der Waals surface area contributed by atoms with Crippen LogP contribution < -0.4 is 20.1 Å². The fourth-order valence-corrected chi connectivity index (χ4v) is 5.22. The summed E-state index contributed by atoms with van der Waals surface area (Å²) in [5.74, 6) is -0.0758. The van der Waals surface area contributed by atoms with Crippen molar-refractivity contribution in [1.82, 2.24) is 14.8 Å². The summed E-state index contributed by atoms with van der Waals surface area (Å²) in [6, 6.07) is 13.4. The average Bonchev–Trinajstić information content (AvgIpc) is 3.01. The van der Waals surface area contributed by atoms with E-state index < -0.39 is 23.6 Å². The zero-order chi connectivity index (χ0) is 32.3. The maximum Gasteiger partial charge on any atom is 0.416 e. The molecule has 2 amide bonds. The predicted molar refractivity (Wildman–Crippen MR) is 166 cm³/mol. The second kappa shape index (κ2) is 13.1. The van der Waals surface area contributed by atoms with Crippen LogP contribution in [0.1, 0.15) is 37.4 Å². The highest BCUT2D eigenvalue weighted by Crippen LogP contribution is 2.34. The number of carbonyl (C=O) groups is 2. The maximum atomic E-state index is 13.8. The highest BCUT2D eigenvalue weighted by atomic mass is 19.4. The molecule has 3 aromatic carbocycles. The molecule has 0 atom stereocenters. The van der Waals surface area contributed by atoms with E-state index in [0.29, 0.717) is 45.8 Å². The highest BCUT2D eigenvalue weighted by molar-refractivity contribution is 6.09. The molecule has 0 bridgehead atoms. The van der Waals surface area contributed by atoms with E-state index in [1.807, 2.05) is 7.05 Å². The van der Waals surface area contributed by atoms with Crippen LogP contribution in [0.15, 0.2) is 60.8 Å².